The number of rotatable bonds is 6. The van der Waals surface area contributed by atoms with Gasteiger partial charge in [0, 0.05) is 42.2 Å². The highest BCUT2D eigenvalue weighted by Gasteiger charge is 2.20. The van der Waals surface area contributed by atoms with E-state index in [1.165, 1.54) is 34.6 Å². The van der Waals surface area contributed by atoms with Gasteiger partial charge in [0.05, 0.1) is 17.7 Å². The Kier molecular flexibility index (Phi) is 5.97. The number of nitrogens with zero attached hydrogens (tertiary/aromatic N) is 3. The second-order valence-electron chi connectivity index (χ2n) is 7.40. The van der Waals surface area contributed by atoms with Crippen molar-refractivity contribution in [3.05, 3.63) is 79.8 Å². The second-order valence-corrected chi connectivity index (χ2v) is 8.26. The number of amides is 1. The third-order valence-electron chi connectivity index (χ3n) is 5.41. The van der Waals surface area contributed by atoms with Crippen molar-refractivity contribution in [2.45, 2.75) is 26.4 Å². The fraction of sp³-hybridized carbons (Fsp3) is 0.273. The quantitative estimate of drug-likeness (QED) is 0.458. The molecule has 1 N–H and O–H groups in total. The Morgan fingerprint density at radius 2 is 2.16 bits per heavy atom. The minimum Gasteiger partial charge on any atom is -0.497 e. The van der Waals surface area contributed by atoms with Gasteiger partial charge in [-0.25, -0.2) is 4.98 Å². The maximum absolute atomic E-state index is 12.6. The van der Waals surface area contributed by atoms with E-state index < -0.39 is 10.8 Å². The topological polar surface area (TPSA) is 97.6 Å². The van der Waals surface area contributed by atoms with E-state index in [9.17, 15) is 14.9 Å². The summed E-state index contributed by atoms with van der Waals surface area (Å²) < 4.78 is 5.30. The van der Waals surface area contributed by atoms with E-state index in [1.54, 1.807) is 20.1 Å². The number of carbonyl (C=O) groups is 1. The summed E-state index contributed by atoms with van der Waals surface area (Å²) in [7, 11) is 1.68. The van der Waals surface area contributed by atoms with Gasteiger partial charge in [-0.3, -0.25) is 25.1 Å². The molecule has 0 radical (unpaired) electrons. The molecule has 1 aliphatic rings. The molecule has 0 aliphatic carbocycles. The summed E-state index contributed by atoms with van der Waals surface area (Å²) in [4.78, 5) is 30.1. The molecule has 0 bridgehead atoms. The Morgan fingerprint density at radius 1 is 1.32 bits per heavy atom. The molecule has 1 aromatic heterocycles. The molecule has 9 heteroatoms. The highest BCUT2D eigenvalue weighted by atomic mass is 32.1. The fourth-order valence-electron chi connectivity index (χ4n) is 3.75. The van der Waals surface area contributed by atoms with Crippen molar-refractivity contribution >= 4 is 28.1 Å². The number of benzene rings is 2. The zero-order chi connectivity index (χ0) is 22.0. The number of nitro groups is 1. The summed E-state index contributed by atoms with van der Waals surface area (Å²) in [5.41, 5.74) is 4.02. The Balaban J connectivity index is 1.40. The lowest BCUT2D eigenvalue weighted by atomic mass is 9.99. The summed E-state index contributed by atoms with van der Waals surface area (Å²) >= 11 is 1.35. The van der Waals surface area contributed by atoms with Crippen LogP contribution >= 0.6 is 11.3 Å². The number of hydrogen-bond acceptors (Lipinski definition) is 7. The monoisotopic (exact) mass is 438 g/mol. The summed E-state index contributed by atoms with van der Waals surface area (Å²) in [5.74, 6) is 0.481. The number of nitro benzene ring substituents is 1. The van der Waals surface area contributed by atoms with Crippen molar-refractivity contribution in [3.8, 4) is 5.75 Å². The minimum absolute atomic E-state index is 0.0736. The predicted octanol–water partition coefficient (Wildman–Crippen LogP) is 4.18. The number of aromatic nitrogens is 1. The molecule has 1 amide bonds. The van der Waals surface area contributed by atoms with Crippen molar-refractivity contribution < 1.29 is 14.5 Å². The zero-order valence-electron chi connectivity index (χ0n) is 17.3. The van der Waals surface area contributed by atoms with Crippen molar-refractivity contribution in [1.82, 2.24) is 9.88 Å². The number of carbonyl (C=O) groups excluding carboxylic acids is 1. The van der Waals surface area contributed by atoms with Gasteiger partial charge in [0.25, 0.3) is 11.6 Å². The van der Waals surface area contributed by atoms with E-state index >= 15 is 0 Å². The van der Waals surface area contributed by atoms with Crippen LogP contribution in [0.5, 0.6) is 5.75 Å². The summed E-state index contributed by atoms with van der Waals surface area (Å²) in [6.45, 7) is 4.02. The molecule has 0 saturated heterocycles. The van der Waals surface area contributed by atoms with Gasteiger partial charge < -0.3 is 4.74 Å². The SMILES string of the molecule is COc1ccc2c(c1)CCN(Cc1csc(NC(=O)c3cccc([N+](=O)[O-])c3C)n1)C2. The molecule has 0 spiro atoms. The van der Waals surface area contributed by atoms with E-state index in [4.69, 9.17) is 4.74 Å². The van der Waals surface area contributed by atoms with Gasteiger partial charge in [-0.2, -0.15) is 0 Å². The summed E-state index contributed by atoms with van der Waals surface area (Å²) in [5, 5.41) is 16.3. The molecule has 0 unspecified atom stereocenters. The highest BCUT2D eigenvalue weighted by molar-refractivity contribution is 7.14. The molecule has 0 fully saturated rings. The molecule has 2 heterocycles. The van der Waals surface area contributed by atoms with Crippen LogP contribution < -0.4 is 10.1 Å². The maximum atomic E-state index is 12.6. The number of nitrogens with one attached hydrogen (secondary N) is 1. The predicted molar refractivity (Wildman–Crippen MR) is 119 cm³/mol. The molecule has 3 aromatic rings. The van der Waals surface area contributed by atoms with Crippen molar-refractivity contribution in [3.63, 3.8) is 0 Å². The van der Waals surface area contributed by atoms with Crippen LogP contribution in [0.4, 0.5) is 10.8 Å². The Bertz CT molecular complexity index is 1140. The summed E-state index contributed by atoms with van der Waals surface area (Å²) in [6.07, 6.45) is 0.951. The number of thiazole rings is 1. The molecular weight excluding hydrogens is 416 g/mol. The van der Waals surface area contributed by atoms with Crippen LogP contribution in [0.2, 0.25) is 0 Å². The van der Waals surface area contributed by atoms with Gasteiger partial charge >= 0.3 is 0 Å². The average molecular weight is 439 g/mol. The van der Waals surface area contributed by atoms with Gasteiger partial charge in [-0.1, -0.05) is 12.1 Å². The molecule has 2 aromatic carbocycles. The first-order chi connectivity index (χ1) is 14.9. The molecule has 4 rings (SSSR count). The van der Waals surface area contributed by atoms with Crippen LogP contribution in [0.3, 0.4) is 0 Å². The summed E-state index contributed by atoms with van der Waals surface area (Å²) in [6, 6.07) is 10.7. The van der Waals surface area contributed by atoms with Gasteiger partial charge in [-0.05, 0) is 42.7 Å². The Morgan fingerprint density at radius 3 is 2.94 bits per heavy atom. The van der Waals surface area contributed by atoms with E-state index in [0.717, 1.165) is 31.0 Å². The van der Waals surface area contributed by atoms with Crippen LogP contribution in [0.15, 0.2) is 41.8 Å². The number of methoxy groups -OCH3 is 1. The first-order valence-electron chi connectivity index (χ1n) is 9.82. The maximum Gasteiger partial charge on any atom is 0.273 e. The van der Waals surface area contributed by atoms with E-state index in [-0.39, 0.29) is 11.3 Å². The molecule has 0 saturated carbocycles. The molecule has 1 aliphatic heterocycles. The third-order valence-corrected chi connectivity index (χ3v) is 6.22. The number of fused-ring (bicyclic) bond motifs is 1. The first kappa shape index (κ1) is 21.0. The lowest BCUT2D eigenvalue weighted by Crippen LogP contribution is -2.30. The molecule has 0 atom stereocenters. The van der Waals surface area contributed by atoms with Crippen LogP contribution in [0.1, 0.15) is 32.7 Å². The minimum atomic E-state index is -0.486. The molecule has 160 valence electrons. The Labute approximate surface area is 183 Å². The van der Waals surface area contributed by atoms with Crippen LogP contribution in [-0.4, -0.2) is 34.4 Å². The second kappa shape index (κ2) is 8.83. The Hall–Kier alpha value is -3.30. The van der Waals surface area contributed by atoms with Crippen LogP contribution in [0.25, 0.3) is 0 Å². The third kappa shape index (κ3) is 4.57. The normalized spacial score (nSPS) is 13.5. The number of hydrogen-bond donors (Lipinski definition) is 1. The largest absolute Gasteiger partial charge is 0.497 e. The van der Waals surface area contributed by atoms with E-state index in [1.807, 2.05) is 11.4 Å². The number of ether oxygens (including phenoxy) is 1. The van der Waals surface area contributed by atoms with Crippen LogP contribution in [-0.2, 0) is 19.5 Å². The van der Waals surface area contributed by atoms with E-state index in [2.05, 4.69) is 27.3 Å². The van der Waals surface area contributed by atoms with Crippen molar-refractivity contribution in [2.24, 2.45) is 0 Å². The zero-order valence-corrected chi connectivity index (χ0v) is 18.1. The molecule has 31 heavy (non-hydrogen) atoms. The lowest BCUT2D eigenvalue weighted by molar-refractivity contribution is -0.385. The van der Waals surface area contributed by atoms with Crippen molar-refractivity contribution in [2.75, 3.05) is 19.0 Å². The first-order valence-corrected chi connectivity index (χ1v) is 10.7. The fourth-order valence-corrected chi connectivity index (χ4v) is 4.44. The van der Waals surface area contributed by atoms with Gasteiger partial charge in [-0.15, -0.1) is 11.3 Å². The highest BCUT2D eigenvalue weighted by Crippen LogP contribution is 2.26. The van der Waals surface area contributed by atoms with Gasteiger partial charge in [0.2, 0.25) is 0 Å². The van der Waals surface area contributed by atoms with Crippen molar-refractivity contribution in [1.29, 1.82) is 0 Å². The van der Waals surface area contributed by atoms with Gasteiger partial charge in [0.15, 0.2) is 5.13 Å². The lowest BCUT2D eigenvalue weighted by Gasteiger charge is -2.28. The molecule has 8 nitrogen and oxygen atoms in total. The van der Waals surface area contributed by atoms with Gasteiger partial charge in [0.1, 0.15) is 5.75 Å². The van der Waals surface area contributed by atoms with E-state index in [0.29, 0.717) is 17.2 Å². The smallest absolute Gasteiger partial charge is 0.273 e. The average Bonchev–Trinajstić information content (AvgIpc) is 3.19. The molecular formula is C22H22N4O4S. The number of anilines is 1. The van der Waals surface area contributed by atoms with Crippen LogP contribution in [0, 0.1) is 17.0 Å². The standard InChI is InChI=1S/C22H22N4O4S/c1-14-19(4-3-5-20(14)26(28)29)21(27)24-22-23-17(13-31-22)12-25-9-8-15-10-18(30-2)7-6-16(15)11-25/h3-7,10,13H,8-9,11-12H2,1-2H3,(H,23,24,27).